The predicted octanol–water partition coefficient (Wildman–Crippen LogP) is 5.72. The van der Waals surface area contributed by atoms with E-state index in [-0.39, 0.29) is 5.91 Å². The Balaban J connectivity index is 1.64. The van der Waals surface area contributed by atoms with Gasteiger partial charge in [-0.1, -0.05) is 29.9 Å². The molecule has 0 aliphatic heterocycles. The molecule has 0 saturated heterocycles. The molecule has 0 fully saturated rings. The number of benzene rings is 1. The SMILES string of the molecule is CCc1nc(N(C)C(=O)c2ccn3cc(-c4ccc(OC)c(Cl)c4)nc3c2)sc1Br. The van der Waals surface area contributed by atoms with Crippen LogP contribution >= 0.6 is 38.9 Å². The summed E-state index contributed by atoms with van der Waals surface area (Å²) in [4.78, 5) is 23.8. The molecule has 4 aromatic rings. The molecular weight excluding hydrogens is 488 g/mol. The number of carbonyl (C=O) groups is 1. The van der Waals surface area contributed by atoms with Crippen LogP contribution in [-0.2, 0) is 6.42 Å². The van der Waals surface area contributed by atoms with Crippen LogP contribution in [0.15, 0.2) is 46.5 Å². The van der Waals surface area contributed by atoms with Crippen molar-refractivity contribution in [3.63, 3.8) is 0 Å². The van der Waals surface area contributed by atoms with E-state index in [2.05, 4.69) is 25.9 Å². The molecule has 3 aromatic heterocycles. The highest BCUT2D eigenvalue weighted by atomic mass is 79.9. The van der Waals surface area contributed by atoms with E-state index in [1.165, 1.54) is 11.3 Å². The first kappa shape index (κ1) is 20.8. The lowest BCUT2D eigenvalue weighted by Crippen LogP contribution is -2.26. The number of aromatic nitrogens is 3. The maximum Gasteiger partial charge on any atom is 0.259 e. The van der Waals surface area contributed by atoms with Crippen molar-refractivity contribution in [2.24, 2.45) is 0 Å². The minimum Gasteiger partial charge on any atom is -0.495 e. The quantitative estimate of drug-likeness (QED) is 0.348. The summed E-state index contributed by atoms with van der Waals surface area (Å²) >= 11 is 11.2. The van der Waals surface area contributed by atoms with Gasteiger partial charge in [-0.05, 0) is 52.7 Å². The molecule has 0 unspecified atom stereocenters. The average Bonchev–Trinajstić information content (AvgIpc) is 3.35. The Bertz CT molecular complexity index is 1250. The summed E-state index contributed by atoms with van der Waals surface area (Å²) in [5.74, 6) is 0.471. The van der Waals surface area contributed by atoms with Crippen LogP contribution in [0.5, 0.6) is 5.75 Å². The van der Waals surface area contributed by atoms with Gasteiger partial charge in [0.05, 0.1) is 27.3 Å². The molecule has 3 heterocycles. The normalized spacial score (nSPS) is 11.1. The molecule has 1 aromatic carbocycles. The topological polar surface area (TPSA) is 59.7 Å². The van der Waals surface area contributed by atoms with E-state index >= 15 is 0 Å². The van der Waals surface area contributed by atoms with E-state index in [1.807, 2.05) is 41.9 Å². The zero-order valence-corrected chi connectivity index (χ0v) is 19.7. The number of aryl methyl sites for hydroxylation is 1. The number of halogens is 2. The van der Waals surface area contributed by atoms with Crippen LogP contribution in [-0.4, -0.2) is 34.4 Å². The molecule has 0 aliphatic carbocycles. The summed E-state index contributed by atoms with van der Waals surface area (Å²) in [6, 6.07) is 9.08. The number of ether oxygens (including phenoxy) is 1. The smallest absolute Gasteiger partial charge is 0.259 e. The summed E-state index contributed by atoms with van der Waals surface area (Å²) in [6.45, 7) is 2.03. The highest BCUT2D eigenvalue weighted by Crippen LogP contribution is 2.32. The van der Waals surface area contributed by atoms with Crippen molar-refractivity contribution in [2.45, 2.75) is 13.3 Å². The molecule has 9 heteroatoms. The summed E-state index contributed by atoms with van der Waals surface area (Å²) in [5, 5.41) is 1.17. The van der Waals surface area contributed by atoms with E-state index in [0.29, 0.717) is 27.1 Å². The Morgan fingerprint density at radius 2 is 2.10 bits per heavy atom. The van der Waals surface area contributed by atoms with Gasteiger partial charge in [-0.3, -0.25) is 9.69 Å². The number of methoxy groups -OCH3 is 1. The highest BCUT2D eigenvalue weighted by Gasteiger charge is 2.19. The fourth-order valence-corrected chi connectivity index (χ4v) is 4.95. The molecule has 0 atom stereocenters. The Morgan fingerprint density at radius 3 is 2.77 bits per heavy atom. The van der Waals surface area contributed by atoms with E-state index in [4.69, 9.17) is 16.3 Å². The van der Waals surface area contributed by atoms with Crippen LogP contribution in [0.4, 0.5) is 5.13 Å². The number of imidazole rings is 1. The van der Waals surface area contributed by atoms with Crippen LogP contribution in [0.1, 0.15) is 23.0 Å². The summed E-state index contributed by atoms with van der Waals surface area (Å²) < 4.78 is 8.03. The lowest BCUT2D eigenvalue weighted by atomic mass is 10.1. The van der Waals surface area contributed by atoms with Gasteiger partial charge in [0.1, 0.15) is 11.4 Å². The molecule has 6 nitrogen and oxygen atoms in total. The fourth-order valence-electron chi connectivity index (χ4n) is 3.04. The molecule has 0 saturated carbocycles. The molecule has 30 heavy (non-hydrogen) atoms. The number of hydrogen-bond donors (Lipinski definition) is 0. The second kappa shape index (κ2) is 8.37. The second-order valence-corrected chi connectivity index (χ2v) is 9.29. The Hall–Kier alpha value is -2.42. The zero-order chi connectivity index (χ0) is 21.4. The Morgan fingerprint density at radius 1 is 1.30 bits per heavy atom. The highest BCUT2D eigenvalue weighted by molar-refractivity contribution is 9.11. The van der Waals surface area contributed by atoms with E-state index in [1.54, 1.807) is 31.2 Å². The number of pyridine rings is 1. The first-order chi connectivity index (χ1) is 14.4. The predicted molar refractivity (Wildman–Crippen MR) is 124 cm³/mol. The first-order valence-corrected chi connectivity index (χ1v) is 11.2. The van der Waals surface area contributed by atoms with Crippen LogP contribution in [0.3, 0.4) is 0 Å². The molecular formula is C21H18BrClN4O2S. The van der Waals surface area contributed by atoms with Crippen LogP contribution < -0.4 is 9.64 Å². The number of nitrogens with zero attached hydrogens (tertiary/aromatic N) is 4. The number of carbonyl (C=O) groups excluding carboxylic acids is 1. The van der Waals surface area contributed by atoms with Crippen molar-refractivity contribution in [2.75, 3.05) is 19.1 Å². The summed E-state index contributed by atoms with van der Waals surface area (Å²) in [6.07, 6.45) is 4.53. The van der Waals surface area contributed by atoms with Crippen LogP contribution in [0.25, 0.3) is 16.9 Å². The molecule has 0 radical (unpaired) electrons. The second-order valence-electron chi connectivity index (χ2n) is 6.59. The van der Waals surface area contributed by atoms with Crippen LogP contribution in [0, 0.1) is 0 Å². The van der Waals surface area contributed by atoms with E-state index in [9.17, 15) is 4.79 Å². The maximum absolute atomic E-state index is 13.0. The van der Waals surface area contributed by atoms with Crippen molar-refractivity contribution < 1.29 is 9.53 Å². The first-order valence-electron chi connectivity index (χ1n) is 9.17. The van der Waals surface area contributed by atoms with Gasteiger partial charge in [0.2, 0.25) is 0 Å². The van der Waals surface area contributed by atoms with Gasteiger partial charge in [0.15, 0.2) is 5.13 Å². The third-order valence-corrected chi connectivity index (χ3v) is 6.92. The lowest BCUT2D eigenvalue weighted by Gasteiger charge is -2.13. The van der Waals surface area contributed by atoms with Crippen molar-refractivity contribution in [1.29, 1.82) is 0 Å². The third-order valence-electron chi connectivity index (χ3n) is 4.72. The monoisotopic (exact) mass is 504 g/mol. The molecule has 154 valence electrons. The molecule has 0 aliphatic rings. The van der Waals surface area contributed by atoms with Gasteiger partial charge in [0, 0.05) is 30.6 Å². The fraction of sp³-hybridized carbons (Fsp3) is 0.190. The number of hydrogen-bond acceptors (Lipinski definition) is 5. The van der Waals surface area contributed by atoms with E-state index in [0.717, 1.165) is 27.2 Å². The molecule has 0 N–H and O–H groups in total. The molecule has 4 rings (SSSR count). The average molecular weight is 506 g/mol. The van der Waals surface area contributed by atoms with Gasteiger partial charge in [-0.15, -0.1) is 0 Å². The van der Waals surface area contributed by atoms with Gasteiger partial charge >= 0.3 is 0 Å². The van der Waals surface area contributed by atoms with Gasteiger partial charge in [0.25, 0.3) is 5.91 Å². The largest absolute Gasteiger partial charge is 0.495 e. The number of fused-ring (bicyclic) bond motifs is 1. The van der Waals surface area contributed by atoms with Crippen LogP contribution in [0.2, 0.25) is 5.02 Å². The van der Waals surface area contributed by atoms with E-state index < -0.39 is 0 Å². The minimum absolute atomic E-state index is 0.140. The number of anilines is 1. The lowest BCUT2D eigenvalue weighted by molar-refractivity contribution is 0.0993. The van der Waals surface area contributed by atoms with Crippen molar-refractivity contribution in [3.8, 4) is 17.0 Å². The molecule has 1 amide bonds. The van der Waals surface area contributed by atoms with Crippen molar-refractivity contribution >= 4 is 55.6 Å². The van der Waals surface area contributed by atoms with Gasteiger partial charge in [-0.25, -0.2) is 9.97 Å². The number of thiazole rings is 1. The standard InChI is InChI=1S/C21H18BrClN4O2S/c1-4-15-19(22)30-21(25-15)26(2)20(28)13-7-8-27-11-16(24-18(27)10-13)12-5-6-17(29-3)14(23)9-12/h5-11H,4H2,1-3H3. The Labute approximate surface area is 191 Å². The number of rotatable bonds is 5. The molecule has 0 spiro atoms. The summed E-state index contributed by atoms with van der Waals surface area (Å²) in [7, 11) is 3.31. The zero-order valence-electron chi connectivity index (χ0n) is 16.5. The van der Waals surface area contributed by atoms with Gasteiger partial charge in [-0.2, -0.15) is 0 Å². The number of amides is 1. The third kappa shape index (κ3) is 3.82. The maximum atomic E-state index is 13.0. The minimum atomic E-state index is -0.140. The summed E-state index contributed by atoms with van der Waals surface area (Å²) in [5.41, 5.74) is 3.79. The van der Waals surface area contributed by atoms with Crippen molar-refractivity contribution in [3.05, 3.63) is 62.8 Å². The van der Waals surface area contributed by atoms with Gasteiger partial charge < -0.3 is 9.14 Å². The van der Waals surface area contributed by atoms with Crippen molar-refractivity contribution in [1.82, 2.24) is 14.4 Å². The Kier molecular flexibility index (Phi) is 5.81. The molecule has 0 bridgehead atoms.